The molecule has 0 N–H and O–H groups in total. The summed E-state index contributed by atoms with van der Waals surface area (Å²) in [6, 6.07) is 13.8. The van der Waals surface area contributed by atoms with E-state index < -0.39 is 0 Å². The molecule has 2 aliphatic rings. The zero-order valence-corrected chi connectivity index (χ0v) is 18.5. The Labute approximate surface area is 188 Å². The Morgan fingerprint density at radius 2 is 1.81 bits per heavy atom. The minimum absolute atomic E-state index is 0.0224. The standard InChI is InChI=1S/C25H30FN3O3/c1-19-5-2-3-6-23(19)32-18-24(30)28-13-4-12-27(15-16-28)22-11-14-29(25(22)31)17-20-7-9-21(26)10-8-20/h2-3,5-10,22H,4,11-18H2,1H3/t22-/m0/s1. The maximum Gasteiger partial charge on any atom is 0.260 e. The van der Waals surface area contributed by atoms with E-state index in [1.165, 1.54) is 12.1 Å². The highest BCUT2D eigenvalue weighted by molar-refractivity contribution is 5.84. The van der Waals surface area contributed by atoms with E-state index in [-0.39, 0.29) is 30.3 Å². The average Bonchev–Trinajstić information content (AvgIpc) is 2.99. The Morgan fingerprint density at radius 1 is 1.03 bits per heavy atom. The monoisotopic (exact) mass is 439 g/mol. The minimum atomic E-state index is -0.271. The molecule has 0 aromatic heterocycles. The van der Waals surface area contributed by atoms with Gasteiger partial charge >= 0.3 is 0 Å². The Hall–Kier alpha value is -2.93. The first-order chi connectivity index (χ1) is 15.5. The molecule has 1 atom stereocenters. The maximum atomic E-state index is 13.1. The molecule has 0 unspecified atom stereocenters. The van der Waals surface area contributed by atoms with Gasteiger partial charge in [-0.2, -0.15) is 0 Å². The first kappa shape index (κ1) is 22.3. The van der Waals surface area contributed by atoms with Crippen LogP contribution in [-0.4, -0.2) is 71.9 Å². The molecule has 0 radical (unpaired) electrons. The van der Waals surface area contributed by atoms with Crippen molar-refractivity contribution >= 4 is 11.8 Å². The van der Waals surface area contributed by atoms with Gasteiger partial charge in [-0.3, -0.25) is 14.5 Å². The summed E-state index contributed by atoms with van der Waals surface area (Å²) in [7, 11) is 0. The Balaban J connectivity index is 1.28. The van der Waals surface area contributed by atoms with Crippen molar-refractivity contribution in [1.29, 1.82) is 0 Å². The van der Waals surface area contributed by atoms with Gasteiger partial charge in [0.15, 0.2) is 6.61 Å². The molecule has 6 nitrogen and oxygen atoms in total. The summed E-state index contributed by atoms with van der Waals surface area (Å²) >= 11 is 0. The molecule has 0 aliphatic carbocycles. The molecular formula is C25H30FN3O3. The van der Waals surface area contributed by atoms with Crippen LogP contribution in [0, 0.1) is 12.7 Å². The van der Waals surface area contributed by atoms with E-state index in [0.717, 1.165) is 36.3 Å². The van der Waals surface area contributed by atoms with Crippen molar-refractivity contribution in [2.24, 2.45) is 0 Å². The normalized spacial score (nSPS) is 19.8. The van der Waals surface area contributed by atoms with E-state index in [1.807, 2.05) is 41.0 Å². The Bertz CT molecular complexity index is 950. The van der Waals surface area contributed by atoms with Crippen LogP contribution >= 0.6 is 0 Å². The lowest BCUT2D eigenvalue weighted by molar-refractivity contribution is -0.133. The summed E-state index contributed by atoms with van der Waals surface area (Å²) in [5.41, 5.74) is 1.94. The van der Waals surface area contributed by atoms with E-state index in [1.54, 1.807) is 12.1 Å². The van der Waals surface area contributed by atoms with Crippen molar-refractivity contribution in [3.63, 3.8) is 0 Å². The summed E-state index contributed by atoms with van der Waals surface area (Å²) in [4.78, 5) is 31.6. The van der Waals surface area contributed by atoms with Crippen molar-refractivity contribution < 1.29 is 18.7 Å². The van der Waals surface area contributed by atoms with Gasteiger partial charge in [-0.15, -0.1) is 0 Å². The smallest absolute Gasteiger partial charge is 0.260 e. The van der Waals surface area contributed by atoms with Crippen LogP contribution in [0.15, 0.2) is 48.5 Å². The summed E-state index contributed by atoms with van der Waals surface area (Å²) < 4.78 is 18.9. The highest BCUT2D eigenvalue weighted by atomic mass is 19.1. The molecule has 2 amide bonds. The van der Waals surface area contributed by atoms with Crippen molar-refractivity contribution in [1.82, 2.24) is 14.7 Å². The van der Waals surface area contributed by atoms with Crippen LogP contribution in [0.25, 0.3) is 0 Å². The number of amides is 2. The number of nitrogens with zero attached hydrogens (tertiary/aromatic N) is 3. The van der Waals surface area contributed by atoms with Crippen LogP contribution in [0.5, 0.6) is 5.75 Å². The van der Waals surface area contributed by atoms with Crippen LogP contribution in [-0.2, 0) is 16.1 Å². The Morgan fingerprint density at radius 3 is 2.59 bits per heavy atom. The highest BCUT2D eigenvalue weighted by Gasteiger charge is 2.36. The van der Waals surface area contributed by atoms with Crippen LogP contribution in [0.3, 0.4) is 0 Å². The summed E-state index contributed by atoms with van der Waals surface area (Å²) in [5, 5.41) is 0. The third-order valence-electron chi connectivity index (χ3n) is 6.32. The van der Waals surface area contributed by atoms with Crippen molar-refractivity contribution in [3.05, 3.63) is 65.5 Å². The lowest BCUT2D eigenvalue weighted by Gasteiger charge is -2.26. The lowest BCUT2D eigenvalue weighted by Crippen LogP contribution is -2.44. The maximum absolute atomic E-state index is 13.1. The van der Waals surface area contributed by atoms with Gasteiger partial charge in [0, 0.05) is 39.3 Å². The molecule has 4 rings (SSSR count). The molecule has 2 aromatic carbocycles. The summed E-state index contributed by atoms with van der Waals surface area (Å²) in [5.74, 6) is 0.560. The van der Waals surface area contributed by atoms with Crippen molar-refractivity contribution in [2.75, 3.05) is 39.3 Å². The SMILES string of the molecule is Cc1ccccc1OCC(=O)N1CCCN([C@H]2CCN(Cc3ccc(F)cc3)C2=O)CC1. The fourth-order valence-corrected chi connectivity index (χ4v) is 4.48. The quantitative estimate of drug-likeness (QED) is 0.695. The van der Waals surface area contributed by atoms with Gasteiger partial charge in [0.2, 0.25) is 5.91 Å². The predicted octanol–water partition coefficient (Wildman–Crippen LogP) is 2.85. The van der Waals surface area contributed by atoms with Gasteiger partial charge in [-0.1, -0.05) is 30.3 Å². The molecule has 32 heavy (non-hydrogen) atoms. The number of hydrogen-bond acceptors (Lipinski definition) is 4. The summed E-state index contributed by atoms with van der Waals surface area (Å²) in [6.45, 7) is 5.93. The number of ether oxygens (including phenoxy) is 1. The number of para-hydroxylation sites is 1. The number of hydrogen-bond donors (Lipinski definition) is 0. The van der Waals surface area contributed by atoms with Gasteiger partial charge in [0.05, 0.1) is 6.04 Å². The van der Waals surface area contributed by atoms with Crippen LogP contribution < -0.4 is 4.74 Å². The predicted molar refractivity (Wildman–Crippen MR) is 120 cm³/mol. The van der Waals surface area contributed by atoms with Gasteiger partial charge in [0.25, 0.3) is 5.91 Å². The largest absolute Gasteiger partial charge is 0.484 e. The first-order valence-electron chi connectivity index (χ1n) is 11.2. The second-order valence-corrected chi connectivity index (χ2v) is 8.52. The van der Waals surface area contributed by atoms with E-state index >= 15 is 0 Å². The molecule has 170 valence electrons. The van der Waals surface area contributed by atoms with Crippen LogP contribution in [0.4, 0.5) is 4.39 Å². The van der Waals surface area contributed by atoms with Gasteiger partial charge < -0.3 is 14.5 Å². The molecule has 0 saturated carbocycles. The summed E-state index contributed by atoms with van der Waals surface area (Å²) in [6.07, 6.45) is 1.61. The Kier molecular flexibility index (Phi) is 7.05. The second-order valence-electron chi connectivity index (χ2n) is 8.52. The van der Waals surface area contributed by atoms with Crippen LogP contribution in [0.2, 0.25) is 0 Å². The molecule has 0 spiro atoms. The van der Waals surface area contributed by atoms with Crippen molar-refractivity contribution in [2.45, 2.75) is 32.4 Å². The van der Waals surface area contributed by atoms with E-state index in [0.29, 0.717) is 32.7 Å². The number of halogens is 1. The van der Waals surface area contributed by atoms with Gasteiger partial charge in [-0.25, -0.2) is 4.39 Å². The van der Waals surface area contributed by atoms with E-state index in [4.69, 9.17) is 4.74 Å². The number of carbonyl (C=O) groups excluding carboxylic acids is 2. The third-order valence-corrected chi connectivity index (χ3v) is 6.32. The molecule has 2 aromatic rings. The second kappa shape index (κ2) is 10.1. The average molecular weight is 440 g/mol. The number of rotatable bonds is 6. The van der Waals surface area contributed by atoms with E-state index in [9.17, 15) is 14.0 Å². The number of benzene rings is 2. The minimum Gasteiger partial charge on any atom is -0.484 e. The van der Waals surface area contributed by atoms with Gasteiger partial charge in [0.1, 0.15) is 11.6 Å². The molecule has 2 saturated heterocycles. The number of aryl methyl sites for hydroxylation is 1. The number of carbonyl (C=O) groups is 2. The fourth-order valence-electron chi connectivity index (χ4n) is 4.48. The number of likely N-dealkylation sites (tertiary alicyclic amines) is 1. The zero-order valence-electron chi connectivity index (χ0n) is 18.5. The molecule has 2 fully saturated rings. The lowest BCUT2D eigenvalue weighted by atomic mass is 10.2. The van der Waals surface area contributed by atoms with Gasteiger partial charge in [-0.05, 0) is 49.1 Å². The van der Waals surface area contributed by atoms with Crippen LogP contribution in [0.1, 0.15) is 24.0 Å². The topological polar surface area (TPSA) is 53.1 Å². The molecular weight excluding hydrogens is 409 g/mol. The van der Waals surface area contributed by atoms with Crippen molar-refractivity contribution in [3.8, 4) is 5.75 Å². The molecule has 0 bridgehead atoms. The zero-order chi connectivity index (χ0) is 22.5. The molecule has 7 heteroatoms. The molecule has 2 aliphatic heterocycles. The molecule has 2 heterocycles. The first-order valence-corrected chi connectivity index (χ1v) is 11.2. The fraction of sp³-hybridized carbons (Fsp3) is 0.440. The third kappa shape index (κ3) is 5.27. The highest BCUT2D eigenvalue weighted by Crippen LogP contribution is 2.22. The van der Waals surface area contributed by atoms with E-state index in [2.05, 4.69) is 4.90 Å².